The van der Waals surface area contributed by atoms with Gasteiger partial charge in [-0.15, -0.1) is 0 Å². The number of nitrogens with one attached hydrogen (secondary N) is 1. The average Bonchev–Trinajstić information content (AvgIpc) is 2.84. The minimum absolute atomic E-state index is 0.174. The lowest BCUT2D eigenvalue weighted by Crippen LogP contribution is -2.43. The summed E-state index contributed by atoms with van der Waals surface area (Å²) in [6, 6.07) is 9.43. The summed E-state index contributed by atoms with van der Waals surface area (Å²) in [5, 5.41) is 3.66. The van der Waals surface area contributed by atoms with Gasteiger partial charge >= 0.3 is 5.97 Å². The highest BCUT2D eigenvalue weighted by molar-refractivity contribution is 5.65. The van der Waals surface area contributed by atoms with E-state index in [1.165, 1.54) is 30.9 Å². The number of anilines is 1. The van der Waals surface area contributed by atoms with Crippen LogP contribution in [0.4, 0.5) is 5.82 Å². The van der Waals surface area contributed by atoms with E-state index >= 15 is 0 Å². The van der Waals surface area contributed by atoms with E-state index in [1.807, 2.05) is 12.3 Å². The van der Waals surface area contributed by atoms with Crippen LogP contribution in [0.2, 0.25) is 0 Å². The van der Waals surface area contributed by atoms with Crippen molar-refractivity contribution in [3.05, 3.63) is 41.6 Å². The summed E-state index contributed by atoms with van der Waals surface area (Å²) < 4.78 is 5.00. The van der Waals surface area contributed by atoms with E-state index < -0.39 is 0 Å². The molecule has 1 saturated heterocycles. The molecule has 0 bridgehead atoms. The molecule has 2 aromatic rings. The third kappa shape index (κ3) is 6.21. The average molecular weight is 479 g/mol. The number of unbranched alkanes of at least 4 members (excludes halogenated alkanes) is 1. The molecular formula is C29H42N4O2. The molecule has 2 aliphatic rings. The lowest BCUT2D eigenvalue weighted by molar-refractivity contribution is -0.141. The Hall–Kier alpha value is -2.47. The van der Waals surface area contributed by atoms with Gasteiger partial charge in [-0.3, -0.25) is 4.79 Å². The molecule has 0 atom stereocenters. The second kappa shape index (κ2) is 10.7. The van der Waals surface area contributed by atoms with Crippen LogP contribution in [0.3, 0.4) is 0 Å². The molecule has 1 aromatic heterocycles. The van der Waals surface area contributed by atoms with E-state index in [0.29, 0.717) is 12.6 Å². The van der Waals surface area contributed by atoms with Gasteiger partial charge in [-0.1, -0.05) is 39.8 Å². The molecule has 0 unspecified atom stereocenters. The first-order valence-corrected chi connectivity index (χ1v) is 13.3. The fourth-order valence-electron chi connectivity index (χ4n) is 5.45. The predicted molar refractivity (Wildman–Crippen MR) is 142 cm³/mol. The highest BCUT2D eigenvalue weighted by Crippen LogP contribution is 2.46. The van der Waals surface area contributed by atoms with Gasteiger partial charge in [0.2, 0.25) is 0 Å². The number of carbonyl (C=O) groups excluding carboxylic acids is 1. The second-order valence-corrected chi connectivity index (χ2v) is 11.5. The number of ether oxygens (including phenoxy) is 1. The number of rotatable bonds is 8. The van der Waals surface area contributed by atoms with Crippen LogP contribution in [0.15, 0.2) is 30.5 Å². The number of hydrogen-bond donors (Lipinski definition) is 1. The third-order valence-corrected chi connectivity index (χ3v) is 7.88. The molecule has 6 heteroatoms. The normalized spacial score (nSPS) is 19.3. The molecule has 1 N–H and O–H groups in total. The molecular weight excluding hydrogens is 436 g/mol. The molecule has 190 valence electrons. The summed E-state index contributed by atoms with van der Waals surface area (Å²) >= 11 is 0. The smallest absolute Gasteiger partial charge is 0.302 e. The molecule has 0 spiro atoms. The zero-order valence-corrected chi connectivity index (χ0v) is 22.2. The SMILES string of the molecule is CC(=O)OCCCCNC1CCN(c2ccnc(-c3ccc4c(c3)C(C)(C)CCC4(C)C)n2)CC1. The van der Waals surface area contributed by atoms with Gasteiger partial charge in [0.15, 0.2) is 5.82 Å². The molecule has 0 amide bonds. The molecule has 4 rings (SSSR count). The van der Waals surface area contributed by atoms with Crippen LogP contribution >= 0.6 is 0 Å². The predicted octanol–water partition coefficient (Wildman–Crippen LogP) is 5.39. The van der Waals surface area contributed by atoms with Crippen LogP contribution in [0.5, 0.6) is 0 Å². The number of piperidine rings is 1. The quantitative estimate of drug-likeness (QED) is 0.405. The van der Waals surface area contributed by atoms with Gasteiger partial charge in [0, 0.05) is 37.8 Å². The highest BCUT2D eigenvalue weighted by atomic mass is 16.5. The fraction of sp³-hybridized carbons (Fsp3) is 0.621. The van der Waals surface area contributed by atoms with Crippen LogP contribution in [0.25, 0.3) is 11.4 Å². The number of benzene rings is 1. The number of hydrogen-bond acceptors (Lipinski definition) is 6. The van der Waals surface area contributed by atoms with Crippen molar-refractivity contribution in [1.82, 2.24) is 15.3 Å². The number of fused-ring (bicyclic) bond motifs is 1. The van der Waals surface area contributed by atoms with Crippen molar-refractivity contribution in [2.45, 2.75) is 90.0 Å². The van der Waals surface area contributed by atoms with Crippen LogP contribution < -0.4 is 10.2 Å². The monoisotopic (exact) mass is 478 g/mol. The maximum absolute atomic E-state index is 10.8. The van der Waals surface area contributed by atoms with Crippen LogP contribution in [0.1, 0.15) is 84.3 Å². The fourth-order valence-corrected chi connectivity index (χ4v) is 5.45. The first-order valence-electron chi connectivity index (χ1n) is 13.3. The molecule has 1 fully saturated rings. The van der Waals surface area contributed by atoms with E-state index in [1.54, 1.807) is 0 Å². The maximum atomic E-state index is 10.8. The Balaban J connectivity index is 1.36. The first-order chi connectivity index (χ1) is 16.7. The Bertz CT molecular complexity index is 1030. The number of aromatic nitrogens is 2. The summed E-state index contributed by atoms with van der Waals surface area (Å²) in [4.78, 5) is 22.8. The molecule has 1 aliphatic carbocycles. The Labute approximate surface area is 210 Å². The minimum atomic E-state index is -0.197. The van der Waals surface area contributed by atoms with E-state index in [0.717, 1.165) is 62.5 Å². The van der Waals surface area contributed by atoms with Crippen LogP contribution in [0, 0.1) is 0 Å². The summed E-state index contributed by atoms with van der Waals surface area (Å²) in [6.07, 6.45) is 8.46. The van der Waals surface area contributed by atoms with Gasteiger partial charge in [-0.05, 0) is 79.2 Å². The summed E-state index contributed by atoms with van der Waals surface area (Å²) in [7, 11) is 0. The zero-order chi connectivity index (χ0) is 25.1. The van der Waals surface area contributed by atoms with Crippen molar-refractivity contribution in [3.63, 3.8) is 0 Å². The van der Waals surface area contributed by atoms with Gasteiger partial charge in [0.05, 0.1) is 6.61 Å². The molecule has 0 radical (unpaired) electrons. The molecule has 35 heavy (non-hydrogen) atoms. The molecule has 0 saturated carbocycles. The summed E-state index contributed by atoms with van der Waals surface area (Å²) in [6.45, 7) is 14.4. The summed E-state index contributed by atoms with van der Waals surface area (Å²) in [5.74, 6) is 1.64. The van der Waals surface area contributed by atoms with E-state index in [4.69, 9.17) is 9.72 Å². The second-order valence-electron chi connectivity index (χ2n) is 11.5. The number of nitrogens with zero attached hydrogens (tertiary/aromatic N) is 3. The Morgan fingerprint density at radius 2 is 1.77 bits per heavy atom. The van der Waals surface area contributed by atoms with Crippen molar-refractivity contribution < 1.29 is 9.53 Å². The van der Waals surface area contributed by atoms with Gasteiger partial charge in [-0.25, -0.2) is 9.97 Å². The van der Waals surface area contributed by atoms with Gasteiger partial charge in [0.25, 0.3) is 0 Å². The number of esters is 1. The Kier molecular flexibility index (Phi) is 7.80. The standard InChI is InChI=1S/C29H42N4O2/c1-21(34)35-19-7-6-15-30-23-11-17-33(18-12-23)26-10-16-31-27(32-26)22-8-9-24-25(20-22)29(4,5)14-13-28(24,2)3/h8-10,16,20,23,30H,6-7,11-15,17-19H2,1-5H3. The van der Waals surface area contributed by atoms with Crippen molar-refractivity contribution in [2.75, 3.05) is 31.1 Å². The largest absolute Gasteiger partial charge is 0.466 e. The zero-order valence-electron chi connectivity index (χ0n) is 22.2. The minimum Gasteiger partial charge on any atom is -0.466 e. The van der Waals surface area contributed by atoms with Crippen LogP contribution in [-0.4, -0.2) is 48.2 Å². The Morgan fingerprint density at radius 1 is 1.06 bits per heavy atom. The molecule has 2 heterocycles. The topological polar surface area (TPSA) is 67.3 Å². The first kappa shape index (κ1) is 25.6. The van der Waals surface area contributed by atoms with Gasteiger partial charge < -0.3 is 15.0 Å². The van der Waals surface area contributed by atoms with Crippen molar-refractivity contribution >= 4 is 11.8 Å². The van der Waals surface area contributed by atoms with Crippen molar-refractivity contribution in [1.29, 1.82) is 0 Å². The highest BCUT2D eigenvalue weighted by Gasteiger charge is 2.37. The van der Waals surface area contributed by atoms with Crippen molar-refractivity contribution in [3.8, 4) is 11.4 Å². The van der Waals surface area contributed by atoms with Crippen LogP contribution in [-0.2, 0) is 20.4 Å². The van der Waals surface area contributed by atoms with Gasteiger partial charge in [0.1, 0.15) is 5.82 Å². The molecule has 1 aliphatic heterocycles. The third-order valence-electron chi connectivity index (χ3n) is 7.88. The lowest BCUT2D eigenvalue weighted by atomic mass is 9.63. The summed E-state index contributed by atoms with van der Waals surface area (Å²) in [5.41, 5.74) is 4.41. The molecule has 6 nitrogen and oxygen atoms in total. The Morgan fingerprint density at radius 3 is 2.49 bits per heavy atom. The van der Waals surface area contributed by atoms with E-state index in [9.17, 15) is 4.79 Å². The lowest BCUT2D eigenvalue weighted by Gasteiger charge is -2.42. The van der Waals surface area contributed by atoms with Crippen molar-refractivity contribution in [2.24, 2.45) is 0 Å². The van der Waals surface area contributed by atoms with E-state index in [2.05, 4.69) is 61.1 Å². The maximum Gasteiger partial charge on any atom is 0.302 e. The molecule has 1 aromatic carbocycles. The van der Waals surface area contributed by atoms with Gasteiger partial charge in [-0.2, -0.15) is 0 Å². The van der Waals surface area contributed by atoms with E-state index in [-0.39, 0.29) is 16.8 Å². The number of carbonyl (C=O) groups is 1.